The maximum Gasteiger partial charge on any atom is 0.418 e. The second-order valence-corrected chi connectivity index (χ2v) is 4.63. The van der Waals surface area contributed by atoms with E-state index in [2.05, 4.69) is 0 Å². The molecule has 0 fully saturated rings. The van der Waals surface area contributed by atoms with Crippen LogP contribution in [-0.2, 0) is 12.7 Å². The van der Waals surface area contributed by atoms with Crippen LogP contribution in [0.25, 0.3) is 0 Å². The van der Waals surface area contributed by atoms with Crippen molar-refractivity contribution < 1.29 is 13.2 Å². The number of hydrogen-bond acceptors (Lipinski definition) is 2. The van der Waals surface area contributed by atoms with Gasteiger partial charge in [0.25, 0.3) is 0 Å². The number of anilines is 2. The Labute approximate surface area is 122 Å². The van der Waals surface area contributed by atoms with Gasteiger partial charge in [-0.3, -0.25) is 0 Å². The molecule has 0 saturated carbocycles. The highest BCUT2D eigenvalue weighted by Gasteiger charge is 2.35. The number of rotatable bonds is 4. The fraction of sp³-hybridized carbons (Fsp3) is 0.250. The summed E-state index contributed by atoms with van der Waals surface area (Å²) in [4.78, 5) is 1.64. The van der Waals surface area contributed by atoms with Crippen LogP contribution in [0.2, 0.25) is 0 Å². The summed E-state index contributed by atoms with van der Waals surface area (Å²) in [6.45, 7) is 2.35. The van der Waals surface area contributed by atoms with Crippen LogP contribution in [0.3, 0.4) is 0 Å². The van der Waals surface area contributed by atoms with E-state index in [1.165, 1.54) is 6.07 Å². The molecule has 0 amide bonds. The largest absolute Gasteiger partial charge is 0.418 e. The third-order valence-electron chi connectivity index (χ3n) is 3.28. The molecule has 21 heavy (non-hydrogen) atoms. The monoisotopic (exact) mass is 294 g/mol. The van der Waals surface area contributed by atoms with Crippen molar-refractivity contribution in [3.63, 3.8) is 0 Å². The zero-order valence-electron chi connectivity index (χ0n) is 11.7. The van der Waals surface area contributed by atoms with E-state index in [9.17, 15) is 13.2 Å². The first-order valence-corrected chi connectivity index (χ1v) is 6.70. The van der Waals surface area contributed by atoms with Gasteiger partial charge in [0.1, 0.15) is 0 Å². The molecule has 0 aromatic heterocycles. The number of nitrogens with zero attached hydrogens (tertiary/aromatic N) is 1. The molecule has 2 N–H and O–H groups in total. The molecule has 2 aromatic rings. The van der Waals surface area contributed by atoms with Crippen LogP contribution in [0.1, 0.15) is 18.1 Å². The molecule has 0 aliphatic rings. The molecule has 0 unspecified atom stereocenters. The van der Waals surface area contributed by atoms with Gasteiger partial charge in [-0.25, -0.2) is 0 Å². The molecular weight excluding hydrogens is 277 g/mol. The van der Waals surface area contributed by atoms with Crippen LogP contribution < -0.4 is 10.6 Å². The number of alkyl halides is 3. The van der Waals surface area contributed by atoms with Crippen molar-refractivity contribution in [1.29, 1.82) is 0 Å². The second kappa shape index (κ2) is 6.18. The van der Waals surface area contributed by atoms with Gasteiger partial charge in [-0.05, 0) is 36.8 Å². The van der Waals surface area contributed by atoms with E-state index in [4.69, 9.17) is 5.73 Å². The second-order valence-electron chi connectivity index (χ2n) is 4.63. The predicted octanol–water partition coefficient (Wildman–Crippen LogP) is 4.32. The molecule has 0 aliphatic carbocycles. The van der Waals surface area contributed by atoms with Gasteiger partial charge in [0.15, 0.2) is 0 Å². The van der Waals surface area contributed by atoms with Crippen LogP contribution >= 0.6 is 0 Å². The molecule has 0 heterocycles. The highest BCUT2D eigenvalue weighted by molar-refractivity contribution is 5.67. The highest BCUT2D eigenvalue weighted by atomic mass is 19.4. The summed E-state index contributed by atoms with van der Waals surface area (Å²) in [7, 11) is 0. The zero-order chi connectivity index (χ0) is 15.5. The molecule has 112 valence electrons. The van der Waals surface area contributed by atoms with Crippen molar-refractivity contribution >= 4 is 11.4 Å². The maximum atomic E-state index is 13.3. The summed E-state index contributed by atoms with van der Waals surface area (Å²) >= 11 is 0. The molecule has 0 atom stereocenters. The van der Waals surface area contributed by atoms with Gasteiger partial charge >= 0.3 is 6.18 Å². The van der Waals surface area contributed by atoms with Crippen LogP contribution in [-0.4, -0.2) is 6.54 Å². The number of hydrogen-bond donors (Lipinski definition) is 1. The maximum absolute atomic E-state index is 13.3. The van der Waals surface area contributed by atoms with E-state index in [1.807, 2.05) is 13.0 Å². The number of nitrogens with two attached hydrogens (primary N) is 1. The fourth-order valence-corrected chi connectivity index (χ4v) is 2.27. The molecular formula is C16H17F3N2. The van der Waals surface area contributed by atoms with Gasteiger partial charge in [-0.1, -0.05) is 24.3 Å². The average molecular weight is 294 g/mol. The van der Waals surface area contributed by atoms with E-state index >= 15 is 0 Å². The molecule has 2 nitrogen and oxygen atoms in total. The van der Waals surface area contributed by atoms with E-state index in [0.29, 0.717) is 12.1 Å². The molecule has 2 aromatic carbocycles. The lowest BCUT2D eigenvalue weighted by molar-refractivity contribution is -0.137. The van der Waals surface area contributed by atoms with Crippen LogP contribution in [0.15, 0.2) is 48.5 Å². The van der Waals surface area contributed by atoms with Crippen LogP contribution in [0, 0.1) is 0 Å². The SMILES string of the molecule is CCN(c1ccccc1)c1ccc(CN)cc1C(F)(F)F. The van der Waals surface area contributed by atoms with Gasteiger partial charge in [-0.2, -0.15) is 13.2 Å². The summed E-state index contributed by atoms with van der Waals surface area (Å²) in [5.74, 6) is 0. The molecule has 0 saturated heterocycles. The predicted molar refractivity (Wildman–Crippen MR) is 78.5 cm³/mol. The Morgan fingerprint density at radius 2 is 1.71 bits per heavy atom. The van der Waals surface area contributed by atoms with Gasteiger partial charge in [0.05, 0.1) is 11.3 Å². The lowest BCUT2D eigenvalue weighted by Crippen LogP contribution is -2.21. The van der Waals surface area contributed by atoms with Crippen molar-refractivity contribution in [2.75, 3.05) is 11.4 Å². The summed E-state index contributed by atoms with van der Waals surface area (Å²) in [5, 5.41) is 0. The number of para-hydroxylation sites is 1. The Hall–Kier alpha value is -2.01. The van der Waals surface area contributed by atoms with Crippen molar-refractivity contribution in [2.45, 2.75) is 19.6 Å². The standard InChI is InChI=1S/C16H17F3N2/c1-2-21(13-6-4-3-5-7-13)15-9-8-12(11-20)10-14(15)16(17,18)19/h3-10H,2,11,20H2,1H3. The smallest absolute Gasteiger partial charge is 0.341 e. The number of benzene rings is 2. The molecule has 5 heteroatoms. The van der Waals surface area contributed by atoms with Crippen molar-refractivity contribution in [1.82, 2.24) is 0 Å². The molecule has 0 aliphatic heterocycles. The summed E-state index contributed by atoms with van der Waals surface area (Å²) < 4.78 is 39.9. The van der Waals surface area contributed by atoms with Crippen molar-refractivity contribution in [3.05, 3.63) is 59.7 Å². The van der Waals surface area contributed by atoms with Crippen LogP contribution in [0.5, 0.6) is 0 Å². The minimum atomic E-state index is -4.41. The molecule has 2 rings (SSSR count). The van der Waals surface area contributed by atoms with E-state index in [-0.39, 0.29) is 12.2 Å². The molecule has 0 radical (unpaired) electrons. The summed E-state index contributed by atoms with van der Waals surface area (Å²) in [5.41, 5.74) is 6.14. The third kappa shape index (κ3) is 3.36. The Bertz CT molecular complexity index is 594. The van der Waals surface area contributed by atoms with E-state index < -0.39 is 11.7 Å². The topological polar surface area (TPSA) is 29.3 Å². The summed E-state index contributed by atoms with van der Waals surface area (Å²) in [6, 6.07) is 13.3. The first-order chi connectivity index (χ1) is 9.97. The van der Waals surface area contributed by atoms with Gasteiger partial charge in [0, 0.05) is 18.8 Å². The Balaban J connectivity index is 2.56. The highest BCUT2D eigenvalue weighted by Crippen LogP contribution is 2.39. The summed E-state index contributed by atoms with van der Waals surface area (Å²) in [6.07, 6.45) is -4.41. The molecule has 0 bridgehead atoms. The quantitative estimate of drug-likeness (QED) is 0.909. The first kappa shape index (κ1) is 15.4. The van der Waals surface area contributed by atoms with Crippen molar-refractivity contribution in [2.24, 2.45) is 5.73 Å². The lowest BCUT2D eigenvalue weighted by Gasteiger charge is -2.27. The first-order valence-electron chi connectivity index (χ1n) is 6.70. The number of halogens is 3. The minimum Gasteiger partial charge on any atom is -0.341 e. The van der Waals surface area contributed by atoms with Crippen molar-refractivity contribution in [3.8, 4) is 0 Å². The van der Waals surface area contributed by atoms with E-state index in [1.54, 1.807) is 35.2 Å². The fourth-order valence-electron chi connectivity index (χ4n) is 2.27. The Morgan fingerprint density at radius 3 is 2.24 bits per heavy atom. The van der Waals surface area contributed by atoms with Gasteiger partial charge in [0.2, 0.25) is 0 Å². The Morgan fingerprint density at radius 1 is 1.05 bits per heavy atom. The third-order valence-corrected chi connectivity index (χ3v) is 3.28. The van der Waals surface area contributed by atoms with Gasteiger partial charge < -0.3 is 10.6 Å². The van der Waals surface area contributed by atoms with Gasteiger partial charge in [-0.15, -0.1) is 0 Å². The zero-order valence-corrected chi connectivity index (χ0v) is 11.7. The molecule has 0 spiro atoms. The Kier molecular flexibility index (Phi) is 4.53. The normalized spacial score (nSPS) is 11.5. The minimum absolute atomic E-state index is 0.0841. The lowest BCUT2D eigenvalue weighted by atomic mass is 10.1. The average Bonchev–Trinajstić information content (AvgIpc) is 2.48. The van der Waals surface area contributed by atoms with E-state index in [0.717, 1.165) is 11.8 Å². The van der Waals surface area contributed by atoms with Crippen LogP contribution in [0.4, 0.5) is 24.5 Å².